The fraction of sp³-hybridized carbons (Fsp3) is 0.500. The molecule has 0 radical (unpaired) electrons. The summed E-state index contributed by atoms with van der Waals surface area (Å²) in [5, 5.41) is 0.737. The molecule has 20 heavy (non-hydrogen) atoms. The number of nitrogens with two attached hydrogens (primary N) is 1. The zero-order valence-corrected chi connectivity index (χ0v) is 11.2. The van der Waals surface area contributed by atoms with Crippen LogP contribution in [0.5, 0.6) is 0 Å². The van der Waals surface area contributed by atoms with Gasteiger partial charge >= 0.3 is 6.18 Å². The van der Waals surface area contributed by atoms with Gasteiger partial charge in [0.15, 0.2) is 0 Å². The monoisotopic (exact) mass is 288 g/mol. The third-order valence-corrected chi connectivity index (χ3v) is 3.16. The van der Waals surface area contributed by atoms with E-state index in [1.165, 1.54) is 6.33 Å². The Morgan fingerprint density at radius 1 is 1.30 bits per heavy atom. The predicted molar refractivity (Wildman–Crippen MR) is 68.3 cm³/mol. The largest absolute Gasteiger partial charge is 0.411 e. The van der Waals surface area contributed by atoms with E-state index in [1.54, 1.807) is 4.57 Å². The Bertz CT molecular complexity index is 621. The summed E-state index contributed by atoms with van der Waals surface area (Å²) in [4.78, 5) is 8.07. The maximum atomic E-state index is 12.0. The number of alkyl halides is 3. The maximum absolute atomic E-state index is 12.0. The Labute approximate surface area is 113 Å². The smallest absolute Gasteiger partial charge is 0.383 e. The van der Waals surface area contributed by atoms with Crippen LogP contribution >= 0.6 is 0 Å². The van der Waals surface area contributed by atoms with Crippen LogP contribution in [0.4, 0.5) is 19.0 Å². The zero-order valence-electron chi connectivity index (χ0n) is 11.2. The van der Waals surface area contributed by atoms with Crippen molar-refractivity contribution in [1.82, 2.24) is 14.5 Å². The molecule has 0 amide bonds. The lowest BCUT2D eigenvalue weighted by atomic mass is 10.2. The zero-order chi connectivity index (χ0) is 14.9. The van der Waals surface area contributed by atoms with Crippen molar-refractivity contribution in [2.24, 2.45) is 0 Å². The highest BCUT2D eigenvalue weighted by molar-refractivity contribution is 5.90. The van der Waals surface area contributed by atoms with E-state index in [2.05, 4.69) is 14.7 Å². The summed E-state index contributed by atoms with van der Waals surface area (Å²) in [6, 6.07) is 0. The van der Waals surface area contributed by atoms with Gasteiger partial charge in [-0.3, -0.25) is 0 Å². The molecule has 0 aliphatic carbocycles. The number of rotatable bonds is 4. The highest BCUT2D eigenvalue weighted by Gasteiger charge is 2.27. The summed E-state index contributed by atoms with van der Waals surface area (Å²) < 4.78 is 42.4. The lowest BCUT2D eigenvalue weighted by Gasteiger charge is -2.10. The normalized spacial score (nSPS) is 12.2. The van der Waals surface area contributed by atoms with Crippen LogP contribution in [0.25, 0.3) is 11.0 Å². The highest BCUT2D eigenvalue weighted by Crippen LogP contribution is 2.26. The molecule has 2 aromatic rings. The number of fused-ring (bicyclic) bond motifs is 1. The van der Waals surface area contributed by atoms with E-state index in [1.807, 2.05) is 13.8 Å². The molecule has 0 saturated carbocycles. The number of halogens is 3. The molecule has 5 nitrogen and oxygen atoms in total. The van der Waals surface area contributed by atoms with Gasteiger partial charge in [-0.25, -0.2) is 9.97 Å². The van der Waals surface area contributed by atoms with Crippen LogP contribution in [0.15, 0.2) is 6.33 Å². The first-order chi connectivity index (χ1) is 9.31. The van der Waals surface area contributed by atoms with Gasteiger partial charge < -0.3 is 15.0 Å². The van der Waals surface area contributed by atoms with Crippen molar-refractivity contribution in [3.63, 3.8) is 0 Å². The van der Waals surface area contributed by atoms with Crippen LogP contribution in [0.3, 0.4) is 0 Å². The molecule has 0 unspecified atom stereocenters. The van der Waals surface area contributed by atoms with E-state index < -0.39 is 12.8 Å². The first-order valence-electron chi connectivity index (χ1n) is 6.01. The van der Waals surface area contributed by atoms with Gasteiger partial charge in [0.1, 0.15) is 24.4 Å². The van der Waals surface area contributed by atoms with Gasteiger partial charge in [0.05, 0.1) is 12.0 Å². The SMILES string of the molecule is Cc1c(C)n(CCOCC(F)(F)F)c2ncnc(N)c12. The van der Waals surface area contributed by atoms with Crippen LogP contribution in [-0.4, -0.2) is 33.9 Å². The molecule has 0 aromatic carbocycles. The number of hydrogen-bond acceptors (Lipinski definition) is 4. The average molecular weight is 288 g/mol. The van der Waals surface area contributed by atoms with Gasteiger partial charge in [-0.05, 0) is 19.4 Å². The van der Waals surface area contributed by atoms with E-state index in [4.69, 9.17) is 5.73 Å². The van der Waals surface area contributed by atoms with Gasteiger partial charge in [-0.1, -0.05) is 0 Å². The van der Waals surface area contributed by atoms with Crippen molar-refractivity contribution in [1.29, 1.82) is 0 Å². The Morgan fingerprint density at radius 2 is 2.00 bits per heavy atom. The minimum Gasteiger partial charge on any atom is -0.383 e. The molecule has 0 bridgehead atoms. The number of nitrogens with zero attached hydrogens (tertiary/aromatic N) is 3. The molecule has 110 valence electrons. The lowest BCUT2D eigenvalue weighted by Crippen LogP contribution is -2.19. The molecule has 0 saturated heterocycles. The molecule has 2 rings (SSSR count). The van der Waals surface area contributed by atoms with Crippen molar-refractivity contribution in [2.45, 2.75) is 26.6 Å². The molecule has 2 heterocycles. The fourth-order valence-electron chi connectivity index (χ4n) is 2.11. The van der Waals surface area contributed by atoms with E-state index in [9.17, 15) is 13.2 Å². The minimum absolute atomic E-state index is 0.0481. The summed E-state index contributed by atoms with van der Waals surface area (Å²) in [7, 11) is 0. The van der Waals surface area contributed by atoms with Gasteiger partial charge in [0.2, 0.25) is 0 Å². The second-order valence-electron chi connectivity index (χ2n) is 4.49. The average Bonchev–Trinajstić information content (AvgIpc) is 2.59. The Balaban J connectivity index is 2.19. The third kappa shape index (κ3) is 2.84. The molecule has 2 aromatic heterocycles. The number of hydrogen-bond donors (Lipinski definition) is 1. The van der Waals surface area contributed by atoms with Crippen LogP contribution in [0.2, 0.25) is 0 Å². The van der Waals surface area contributed by atoms with E-state index in [0.29, 0.717) is 11.5 Å². The van der Waals surface area contributed by atoms with Gasteiger partial charge in [-0.15, -0.1) is 0 Å². The van der Waals surface area contributed by atoms with Gasteiger partial charge in [0, 0.05) is 12.2 Å². The summed E-state index contributed by atoms with van der Waals surface area (Å²) in [6.45, 7) is 2.72. The maximum Gasteiger partial charge on any atom is 0.411 e. The summed E-state index contributed by atoms with van der Waals surface area (Å²) in [5.41, 5.74) is 8.24. The first kappa shape index (κ1) is 14.6. The third-order valence-electron chi connectivity index (χ3n) is 3.16. The number of aryl methyl sites for hydroxylation is 1. The molecule has 0 aliphatic heterocycles. The van der Waals surface area contributed by atoms with Gasteiger partial charge in [0.25, 0.3) is 0 Å². The second-order valence-corrected chi connectivity index (χ2v) is 4.49. The molecular weight excluding hydrogens is 273 g/mol. The summed E-state index contributed by atoms with van der Waals surface area (Å²) >= 11 is 0. The molecule has 8 heteroatoms. The topological polar surface area (TPSA) is 66.0 Å². The Morgan fingerprint density at radius 3 is 2.65 bits per heavy atom. The standard InChI is InChI=1S/C12H15F3N4O/c1-7-8(2)19(3-4-20-5-12(13,14)15)11-9(7)10(16)17-6-18-11/h6H,3-5H2,1-2H3,(H2,16,17,18). The van der Waals surface area contributed by atoms with E-state index in [0.717, 1.165) is 16.6 Å². The molecule has 0 fully saturated rings. The summed E-state index contributed by atoms with van der Waals surface area (Å²) in [6.07, 6.45) is -2.97. The Hall–Kier alpha value is -1.83. The molecule has 0 atom stereocenters. The second kappa shape index (κ2) is 5.28. The van der Waals surface area contributed by atoms with Crippen molar-refractivity contribution in [2.75, 3.05) is 18.9 Å². The highest BCUT2D eigenvalue weighted by atomic mass is 19.4. The Kier molecular flexibility index (Phi) is 3.85. The first-order valence-corrected chi connectivity index (χ1v) is 6.01. The van der Waals surface area contributed by atoms with Crippen molar-refractivity contribution in [3.05, 3.63) is 17.6 Å². The van der Waals surface area contributed by atoms with E-state index in [-0.39, 0.29) is 13.2 Å². The lowest BCUT2D eigenvalue weighted by molar-refractivity contribution is -0.174. The molecule has 2 N–H and O–H groups in total. The number of nitrogen functional groups attached to an aromatic ring is 1. The van der Waals surface area contributed by atoms with Crippen molar-refractivity contribution in [3.8, 4) is 0 Å². The quantitative estimate of drug-likeness (QED) is 0.876. The van der Waals surface area contributed by atoms with Crippen LogP contribution in [0.1, 0.15) is 11.3 Å². The van der Waals surface area contributed by atoms with Crippen LogP contribution < -0.4 is 5.73 Å². The fourth-order valence-corrected chi connectivity index (χ4v) is 2.11. The number of ether oxygens (including phenoxy) is 1. The minimum atomic E-state index is -4.31. The summed E-state index contributed by atoms with van der Waals surface area (Å²) in [5.74, 6) is 0.366. The van der Waals surface area contributed by atoms with Crippen LogP contribution in [-0.2, 0) is 11.3 Å². The van der Waals surface area contributed by atoms with Crippen LogP contribution in [0, 0.1) is 13.8 Å². The number of anilines is 1. The van der Waals surface area contributed by atoms with Crippen molar-refractivity contribution >= 4 is 16.9 Å². The van der Waals surface area contributed by atoms with Gasteiger partial charge in [-0.2, -0.15) is 13.2 Å². The molecule has 0 aliphatic rings. The van der Waals surface area contributed by atoms with E-state index >= 15 is 0 Å². The molecule has 0 spiro atoms. The number of aromatic nitrogens is 3. The predicted octanol–water partition coefficient (Wildman–Crippen LogP) is 2.21. The molecular formula is C12H15F3N4O. The van der Waals surface area contributed by atoms with Crippen molar-refractivity contribution < 1.29 is 17.9 Å².